The van der Waals surface area contributed by atoms with Gasteiger partial charge in [0.2, 0.25) is 11.8 Å². The molecule has 1 aromatic rings. The van der Waals surface area contributed by atoms with Crippen molar-refractivity contribution in [3.05, 3.63) is 17.8 Å². The number of nitrogens with one attached hydrogen (secondary N) is 1. The van der Waals surface area contributed by atoms with Crippen LogP contribution < -0.4 is 15.0 Å². The van der Waals surface area contributed by atoms with E-state index in [0.717, 1.165) is 12.8 Å². The standard InChI is InChI=1S/C19H26N4O4/c1-27-19-14(10-20)16(6-8-21-19)23-9-7-17(25)15(11-23)18(26)22-12-2-4-13(24)5-3-12/h6,8,12-13,15,17,24-25H,2-5,7,9,11H2,1H3,(H,22,26)/t12?,13?,15-,17+/m0/s1. The molecule has 2 aliphatic rings. The highest BCUT2D eigenvalue weighted by Crippen LogP contribution is 2.30. The summed E-state index contributed by atoms with van der Waals surface area (Å²) in [4.78, 5) is 18.7. The van der Waals surface area contributed by atoms with Crippen LogP contribution in [0.1, 0.15) is 37.7 Å². The van der Waals surface area contributed by atoms with Crippen molar-refractivity contribution in [1.29, 1.82) is 5.26 Å². The van der Waals surface area contributed by atoms with Gasteiger partial charge in [-0.1, -0.05) is 0 Å². The van der Waals surface area contributed by atoms with Crippen molar-refractivity contribution in [1.82, 2.24) is 10.3 Å². The van der Waals surface area contributed by atoms with Crippen LogP contribution in [-0.2, 0) is 4.79 Å². The Kier molecular flexibility index (Phi) is 6.14. The number of hydrogen-bond donors (Lipinski definition) is 3. The molecule has 1 saturated heterocycles. The molecule has 27 heavy (non-hydrogen) atoms. The van der Waals surface area contributed by atoms with Crippen LogP contribution in [0.3, 0.4) is 0 Å². The average Bonchev–Trinajstić information content (AvgIpc) is 2.69. The zero-order chi connectivity index (χ0) is 19.4. The molecule has 2 heterocycles. The molecular weight excluding hydrogens is 348 g/mol. The van der Waals surface area contributed by atoms with Crippen LogP contribution >= 0.6 is 0 Å². The quantitative estimate of drug-likeness (QED) is 0.705. The number of aliphatic hydroxyl groups excluding tert-OH is 2. The van der Waals surface area contributed by atoms with Gasteiger partial charge < -0.3 is 25.2 Å². The van der Waals surface area contributed by atoms with Gasteiger partial charge in [0.1, 0.15) is 11.6 Å². The maximum Gasteiger partial charge on any atom is 0.233 e. The minimum atomic E-state index is -0.718. The van der Waals surface area contributed by atoms with Crippen molar-refractivity contribution in [3.63, 3.8) is 0 Å². The van der Waals surface area contributed by atoms with Gasteiger partial charge in [0.25, 0.3) is 0 Å². The number of ether oxygens (including phenoxy) is 1. The number of rotatable bonds is 4. The third kappa shape index (κ3) is 4.31. The third-order valence-electron chi connectivity index (χ3n) is 5.50. The highest BCUT2D eigenvalue weighted by molar-refractivity contribution is 5.81. The first-order valence-electron chi connectivity index (χ1n) is 9.38. The average molecular weight is 374 g/mol. The van der Waals surface area contributed by atoms with Gasteiger partial charge in [0.15, 0.2) is 0 Å². The first kappa shape index (κ1) is 19.4. The number of carbonyl (C=O) groups excluding carboxylic acids is 1. The van der Waals surface area contributed by atoms with Crippen LogP contribution in [0.15, 0.2) is 12.3 Å². The normalized spacial score (nSPS) is 28.3. The molecule has 0 unspecified atom stereocenters. The van der Waals surface area contributed by atoms with E-state index in [9.17, 15) is 20.3 Å². The number of piperidine rings is 1. The molecule has 0 bridgehead atoms. The van der Waals surface area contributed by atoms with E-state index in [1.165, 1.54) is 7.11 Å². The first-order valence-corrected chi connectivity index (χ1v) is 9.38. The highest BCUT2D eigenvalue weighted by atomic mass is 16.5. The molecular formula is C19H26N4O4. The Morgan fingerprint density at radius 2 is 2.07 bits per heavy atom. The van der Waals surface area contributed by atoms with Gasteiger partial charge in [-0.15, -0.1) is 0 Å². The number of pyridine rings is 1. The van der Waals surface area contributed by atoms with Gasteiger partial charge in [-0.3, -0.25) is 4.79 Å². The number of amides is 1. The molecule has 8 heteroatoms. The van der Waals surface area contributed by atoms with Crippen molar-refractivity contribution in [2.45, 2.75) is 50.4 Å². The van der Waals surface area contributed by atoms with Crippen LogP contribution in [0.25, 0.3) is 0 Å². The Morgan fingerprint density at radius 3 is 2.74 bits per heavy atom. The summed E-state index contributed by atoms with van der Waals surface area (Å²) in [6.07, 6.45) is 3.89. The Morgan fingerprint density at radius 1 is 1.33 bits per heavy atom. The van der Waals surface area contributed by atoms with E-state index < -0.39 is 12.0 Å². The zero-order valence-electron chi connectivity index (χ0n) is 15.5. The fourth-order valence-corrected chi connectivity index (χ4v) is 3.90. The lowest BCUT2D eigenvalue weighted by atomic mass is 9.90. The highest BCUT2D eigenvalue weighted by Gasteiger charge is 2.35. The molecule has 1 aromatic heterocycles. The van der Waals surface area contributed by atoms with Crippen LogP contribution in [0.2, 0.25) is 0 Å². The summed E-state index contributed by atoms with van der Waals surface area (Å²) in [6.45, 7) is 0.868. The SMILES string of the molecule is COc1nccc(N2CC[C@@H](O)[C@@H](C(=O)NC3CCC(O)CC3)C2)c1C#N. The molecule has 1 aliphatic heterocycles. The van der Waals surface area contributed by atoms with Crippen LogP contribution in [0, 0.1) is 17.2 Å². The predicted octanol–water partition coefficient (Wildman–Crippen LogP) is 0.569. The van der Waals surface area contributed by atoms with Gasteiger partial charge >= 0.3 is 0 Å². The van der Waals surface area contributed by atoms with E-state index in [1.807, 2.05) is 4.90 Å². The van der Waals surface area contributed by atoms with Gasteiger partial charge in [-0.2, -0.15) is 5.26 Å². The van der Waals surface area contributed by atoms with Crippen molar-refractivity contribution in [2.75, 3.05) is 25.1 Å². The molecule has 0 aromatic carbocycles. The predicted molar refractivity (Wildman–Crippen MR) is 98.2 cm³/mol. The third-order valence-corrected chi connectivity index (χ3v) is 5.50. The Balaban J connectivity index is 1.71. The summed E-state index contributed by atoms with van der Waals surface area (Å²) in [6, 6.07) is 3.89. The van der Waals surface area contributed by atoms with Gasteiger partial charge in [-0.05, 0) is 38.2 Å². The van der Waals surface area contributed by atoms with Crippen LogP contribution in [0.4, 0.5) is 5.69 Å². The lowest BCUT2D eigenvalue weighted by Crippen LogP contribution is -2.52. The fraction of sp³-hybridized carbons (Fsp3) is 0.632. The monoisotopic (exact) mass is 374 g/mol. The maximum absolute atomic E-state index is 12.8. The smallest absolute Gasteiger partial charge is 0.233 e. The summed E-state index contributed by atoms with van der Waals surface area (Å²) < 4.78 is 5.16. The van der Waals surface area contributed by atoms with Crippen LogP contribution in [-0.4, -0.2) is 59.6 Å². The Hall–Kier alpha value is -2.37. The summed E-state index contributed by atoms with van der Waals surface area (Å²) in [5.41, 5.74) is 0.992. The number of hydrogen-bond acceptors (Lipinski definition) is 7. The van der Waals surface area contributed by atoms with Crippen molar-refractivity contribution >= 4 is 11.6 Å². The lowest BCUT2D eigenvalue weighted by Gasteiger charge is -2.38. The number of anilines is 1. The van der Waals surface area contributed by atoms with Crippen molar-refractivity contribution < 1.29 is 19.7 Å². The van der Waals surface area contributed by atoms with E-state index in [4.69, 9.17) is 4.74 Å². The Bertz CT molecular complexity index is 712. The minimum absolute atomic E-state index is 0.0409. The van der Waals surface area contributed by atoms with Crippen molar-refractivity contribution in [2.24, 2.45) is 5.92 Å². The molecule has 8 nitrogen and oxygen atoms in total. The van der Waals surface area contributed by atoms with E-state index in [-0.39, 0.29) is 23.9 Å². The number of nitrogens with zero attached hydrogens (tertiary/aromatic N) is 3. The number of methoxy groups -OCH3 is 1. The molecule has 0 radical (unpaired) electrons. The lowest BCUT2D eigenvalue weighted by molar-refractivity contribution is -0.130. The van der Waals surface area contributed by atoms with Gasteiger partial charge in [-0.25, -0.2) is 4.98 Å². The number of aromatic nitrogens is 1. The topological polar surface area (TPSA) is 119 Å². The molecule has 3 N–H and O–H groups in total. The van der Waals surface area contributed by atoms with E-state index in [1.54, 1.807) is 12.3 Å². The summed E-state index contributed by atoms with van der Waals surface area (Å²) in [7, 11) is 1.46. The second kappa shape index (κ2) is 8.55. The van der Waals surface area contributed by atoms with Crippen LogP contribution in [0.5, 0.6) is 5.88 Å². The Labute approximate surface area is 158 Å². The molecule has 1 aliphatic carbocycles. The summed E-state index contributed by atoms with van der Waals surface area (Å²) >= 11 is 0. The zero-order valence-corrected chi connectivity index (χ0v) is 15.5. The van der Waals surface area contributed by atoms with E-state index in [2.05, 4.69) is 16.4 Å². The maximum atomic E-state index is 12.8. The molecule has 3 rings (SSSR count). The van der Waals surface area contributed by atoms with Gasteiger partial charge in [0, 0.05) is 25.3 Å². The van der Waals surface area contributed by atoms with E-state index >= 15 is 0 Å². The first-order chi connectivity index (χ1) is 13.0. The minimum Gasteiger partial charge on any atom is -0.480 e. The molecule has 0 spiro atoms. The summed E-state index contributed by atoms with van der Waals surface area (Å²) in [5, 5.41) is 32.5. The second-order valence-electron chi connectivity index (χ2n) is 7.25. The number of nitriles is 1. The molecule has 2 atom stereocenters. The molecule has 1 saturated carbocycles. The number of carbonyl (C=O) groups is 1. The van der Waals surface area contributed by atoms with E-state index in [0.29, 0.717) is 43.6 Å². The largest absolute Gasteiger partial charge is 0.480 e. The molecule has 1 amide bonds. The van der Waals surface area contributed by atoms with Gasteiger partial charge in [0.05, 0.1) is 30.9 Å². The fourth-order valence-electron chi connectivity index (χ4n) is 3.90. The second-order valence-corrected chi connectivity index (χ2v) is 7.25. The molecule has 146 valence electrons. The van der Waals surface area contributed by atoms with Crippen molar-refractivity contribution in [3.8, 4) is 11.9 Å². The number of aliphatic hydroxyl groups is 2. The summed E-state index contributed by atoms with van der Waals surface area (Å²) in [5.74, 6) is -0.493. The molecule has 2 fully saturated rings.